The molecule has 0 radical (unpaired) electrons. The van der Waals surface area contributed by atoms with E-state index in [-0.39, 0.29) is 31.3 Å². The number of nitrogens with zero attached hydrogens (tertiary/aromatic N) is 4. The molecule has 1 aromatic heterocycles. The van der Waals surface area contributed by atoms with Crippen molar-refractivity contribution in [1.29, 1.82) is 0 Å². The normalized spacial score (nSPS) is 23.2. The van der Waals surface area contributed by atoms with E-state index in [1.165, 1.54) is 0 Å². The number of nitrogens with one attached hydrogen (secondary N) is 2. The molecule has 0 unspecified atom stereocenters. The van der Waals surface area contributed by atoms with E-state index in [0.717, 1.165) is 19.5 Å². The van der Waals surface area contributed by atoms with E-state index in [2.05, 4.69) is 25.6 Å². The van der Waals surface area contributed by atoms with Gasteiger partial charge in [-0.2, -0.15) is 28.1 Å². The number of hydrogen-bond acceptors (Lipinski definition) is 7. The molecule has 0 aromatic carbocycles. The van der Waals surface area contributed by atoms with Gasteiger partial charge in [0.05, 0.1) is 5.41 Å². The van der Waals surface area contributed by atoms with Crippen molar-refractivity contribution in [3.63, 3.8) is 0 Å². The van der Waals surface area contributed by atoms with Crippen LogP contribution in [0, 0.1) is 5.41 Å². The van der Waals surface area contributed by atoms with E-state index < -0.39 is 11.6 Å². The first kappa shape index (κ1) is 18.0. The molecule has 0 bridgehead atoms. The molecule has 7 nitrogen and oxygen atoms in total. The second kappa shape index (κ2) is 6.81. The monoisotopic (exact) mass is 359 g/mol. The summed E-state index contributed by atoms with van der Waals surface area (Å²) < 4.78 is 40.4. The van der Waals surface area contributed by atoms with E-state index in [1.54, 1.807) is 0 Å². The number of likely N-dealkylation sites (N-methyl/N-ethyl adjacent to an activating group) is 1. The third kappa shape index (κ3) is 3.73. The van der Waals surface area contributed by atoms with Crippen molar-refractivity contribution < 1.29 is 13.2 Å². The standard InChI is InChI=1S/C15H24F3N7/c1-20-10-4-7-25(8-10)13-23-11(19)22-12(24-13)21-9-14(15(16,17)18)5-2-3-6-14/h10,20H,2-9H2,1H3,(H3,19,21,22,23,24)/t10-/m1/s1. The van der Waals surface area contributed by atoms with E-state index in [0.29, 0.717) is 24.8 Å². The van der Waals surface area contributed by atoms with E-state index in [1.807, 2.05) is 11.9 Å². The van der Waals surface area contributed by atoms with Crippen LogP contribution in [0.2, 0.25) is 0 Å². The first-order chi connectivity index (χ1) is 11.8. The van der Waals surface area contributed by atoms with Crippen LogP contribution in [0.15, 0.2) is 0 Å². The second-order valence-electron chi connectivity index (χ2n) is 6.88. The lowest BCUT2D eigenvalue weighted by atomic mass is 9.85. The van der Waals surface area contributed by atoms with Crippen molar-refractivity contribution in [3.8, 4) is 0 Å². The number of nitrogen functional groups attached to an aromatic ring is 1. The molecule has 1 saturated heterocycles. The summed E-state index contributed by atoms with van der Waals surface area (Å²) in [7, 11) is 1.89. The molecule has 140 valence electrons. The molecule has 1 aliphatic heterocycles. The third-order valence-electron chi connectivity index (χ3n) is 5.27. The van der Waals surface area contributed by atoms with Gasteiger partial charge in [0.15, 0.2) is 0 Å². The highest BCUT2D eigenvalue weighted by atomic mass is 19.4. The third-order valence-corrected chi connectivity index (χ3v) is 5.27. The molecule has 1 aliphatic carbocycles. The lowest BCUT2D eigenvalue weighted by Gasteiger charge is -2.31. The summed E-state index contributed by atoms with van der Waals surface area (Å²) in [6.07, 6.45) is -1.86. The van der Waals surface area contributed by atoms with Crippen LogP contribution < -0.4 is 21.3 Å². The van der Waals surface area contributed by atoms with Gasteiger partial charge in [0.2, 0.25) is 17.8 Å². The Hall–Kier alpha value is -1.84. The smallest absolute Gasteiger partial charge is 0.368 e. The summed E-state index contributed by atoms with van der Waals surface area (Å²) in [4.78, 5) is 14.3. The fourth-order valence-electron chi connectivity index (χ4n) is 3.64. The molecule has 2 fully saturated rings. The molecule has 1 saturated carbocycles. The molecule has 25 heavy (non-hydrogen) atoms. The molecular formula is C15H24F3N7. The van der Waals surface area contributed by atoms with Gasteiger partial charge in [-0.1, -0.05) is 12.8 Å². The van der Waals surface area contributed by atoms with Crippen LogP contribution in [-0.4, -0.2) is 53.9 Å². The number of rotatable bonds is 5. The van der Waals surface area contributed by atoms with Crippen molar-refractivity contribution in [3.05, 3.63) is 0 Å². The fourth-order valence-corrected chi connectivity index (χ4v) is 3.64. The van der Waals surface area contributed by atoms with Crippen molar-refractivity contribution in [2.75, 3.05) is 42.6 Å². The highest BCUT2D eigenvalue weighted by molar-refractivity contribution is 5.43. The van der Waals surface area contributed by atoms with Crippen molar-refractivity contribution in [2.24, 2.45) is 5.41 Å². The van der Waals surface area contributed by atoms with Gasteiger partial charge in [-0.15, -0.1) is 0 Å². The van der Waals surface area contributed by atoms with Gasteiger partial charge in [0.25, 0.3) is 0 Å². The summed E-state index contributed by atoms with van der Waals surface area (Å²) in [5.74, 6) is 0.513. The van der Waals surface area contributed by atoms with Crippen LogP contribution in [0.4, 0.5) is 31.0 Å². The second-order valence-corrected chi connectivity index (χ2v) is 6.88. The largest absolute Gasteiger partial charge is 0.396 e. The van der Waals surface area contributed by atoms with Crippen LogP contribution in [0.1, 0.15) is 32.1 Å². The number of alkyl halides is 3. The Bertz CT molecular complexity index is 601. The Morgan fingerprint density at radius 2 is 1.96 bits per heavy atom. The Kier molecular flexibility index (Phi) is 4.90. The van der Waals surface area contributed by atoms with Crippen LogP contribution >= 0.6 is 0 Å². The number of hydrogen-bond donors (Lipinski definition) is 3. The number of halogens is 3. The number of anilines is 3. The molecule has 2 heterocycles. The zero-order chi connectivity index (χ0) is 18.1. The fraction of sp³-hybridized carbons (Fsp3) is 0.800. The van der Waals surface area contributed by atoms with Gasteiger partial charge in [-0.05, 0) is 26.3 Å². The van der Waals surface area contributed by atoms with Crippen molar-refractivity contribution in [2.45, 2.75) is 44.3 Å². The maximum absolute atomic E-state index is 13.5. The van der Waals surface area contributed by atoms with Gasteiger partial charge in [0.1, 0.15) is 0 Å². The highest BCUT2D eigenvalue weighted by Crippen LogP contribution is 2.50. The summed E-state index contributed by atoms with van der Waals surface area (Å²) >= 11 is 0. The number of aromatic nitrogens is 3. The van der Waals surface area contributed by atoms with Crippen LogP contribution in [0.25, 0.3) is 0 Å². The average Bonchev–Trinajstić information content (AvgIpc) is 3.22. The SMILES string of the molecule is CN[C@@H]1CCN(c2nc(N)nc(NCC3(C(F)(F)F)CCCC3)n2)C1. The first-order valence-electron chi connectivity index (χ1n) is 8.57. The Labute approximate surface area is 144 Å². The summed E-state index contributed by atoms with van der Waals surface area (Å²) in [5.41, 5.74) is 4.02. The number of nitrogens with two attached hydrogens (primary N) is 1. The molecular weight excluding hydrogens is 335 g/mol. The van der Waals surface area contributed by atoms with Gasteiger partial charge < -0.3 is 21.3 Å². The topological polar surface area (TPSA) is 92.0 Å². The minimum atomic E-state index is -4.24. The first-order valence-corrected chi connectivity index (χ1v) is 8.57. The predicted octanol–water partition coefficient (Wildman–Crippen LogP) is 1.79. The van der Waals surface area contributed by atoms with E-state index >= 15 is 0 Å². The van der Waals surface area contributed by atoms with Crippen molar-refractivity contribution in [1.82, 2.24) is 20.3 Å². The molecule has 0 spiro atoms. The minimum absolute atomic E-state index is 0.00730. The molecule has 1 aromatic rings. The van der Waals surface area contributed by atoms with E-state index in [9.17, 15) is 13.2 Å². The Balaban J connectivity index is 1.73. The minimum Gasteiger partial charge on any atom is -0.368 e. The van der Waals surface area contributed by atoms with Gasteiger partial charge in [-0.25, -0.2) is 0 Å². The summed E-state index contributed by atoms with van der Waals surface area (Å²) in [6, 6.07) is 0.335. The van der Waals surface area contributed by atoms with Crippen LogP contribution in [0.3, 0.4) is 0 Å². The lowest BCUT2D eigenvalue weighted by Crippen LogP contribution is -2.41. The maximum atomic E-state index is 13.5. The average molecular weight is 359 g/mol. The summed E-state index contributed by atoms with van der Waals surface area (Å²) in [6.45, 7) is 1.26. The lowest BCUT2D eigenvalue weighted by molar-refractivity contribution is -0.217. The molecule has 3 rings (SSSR count). The molecule has 4 N–H and O–H groups in total. The molecule has 0 amide bonds. The Morgan fingerprint density at radius 3 is 2.56 bits per heavy atom. The Morgan fingerprint density at radius 1 is 1.24 bits per heavy atom. The molecule has 10 heteroatoms. The summed E-state index contributed by atoms with van der Waals surface area (Å²) in [5, 5.41) is 5.95. The van der Waals surface area contributed by atoms with Crippen LogP contribution in [-0.2, 0) is 0 Å². The molecule has 2 aliphatic rings. The zero-order valence-electron chi connectivity index (χ0n) is 14.2. The maximum Gasteiger partial charge on any atom is 0.396 e. The van der Waals surface area contributed by atoms with Gasteiger partial charge in [0, 0.05) is 25.7 Å². The quantitative estimate of drug-likeness (QED) is 0.738. The van der Waals surface area contributed by atoms with Gasteiger partial charge in [-0.3, -0.25) is 0 Å². The highest BCUT2D eigenvalue weighted by Gasteiger charge is 2.55. The van der Waals surface area contributed by atoms with Crippen molar-refractivity contribution >= 4 is 17.8 Å². The van der Waals surface area contributed by atoms with E-state index in [4.69, 9.17) is 5.73 Å². The predicted molar refractivity (Wildman–Crippen MR) is 89.4 cm³/mol. The van der Waals surface area contributed by atoms with Gasteiger partial charge >= 0.3 is 6.18 Å². The molecule has 1 atom stereocenters. The zero-order valence-corrected chi connectivity index (χ0v) is 14.2. The van der Waals surface area contributed by atoms with Crippen LogP contribution in [0.5, 0.6) is 0 Å².